The standard InChI is InChI=1S/C12H27NO2/c1-11(2)6-4-8-15-9-5-7-12(3,14)10-13/h11,14H,4-10,13H2,1-3H3. The molecule has 0 aromatic rings. The van der Waals surface area contributed by atoms with Gasteiger partial charge in [-0.15, -0.1) is 0 Å². The maximum Gasteiger partial charge on any atom is 0.0742 e. The Labute approximate surface area is 94.0 Å². The molecule has 0 saturated carbocycles. The number of rotatable bonds is 9. The van der Waals surface area contributed by atoms with Crippen LogP contribution in [0.25, 0.3) is 0 Å². The normalized spacial score (nSPS) is 15.6. The van der Waals surface area contributed by atoms with E-state index in [-0.39, 0.29) is 0 Å². The van der Waals surface area contributed by atoms with E-state index in [1.54, 1.807) is 6.92 Å². The minimum atomic E-state index is -0.721. The molecular weight excluding hydrogens is 190 g/mol. The fourth-order valence-corrected chi connectivity index (χ4v) is 1.35. The highest BCUT2D eigenvalue weighted by molar-refractivity contribution is 4.72. The topological polar surface area (TPSA) is 55.5 Å². The lowest BCUT2D eigenvalue weighted by molar-refractivity contribution is 0.0428. The lowest BCUT2D eigenvalue weighted by Gasteiger charge is -2.20. The Hall–Kier alpha value is -0.120. The van der Waals surface area contributed by atoms with E-state index in [0.717, 1.165) is 32.0 Å². The first-order chi connectivity index (χ1) is 6.98. The molecule has 15 heavy (non-hydrogen) atoms. The van der Waals surface area contributed by atoms with Crippen molar-refractivity contribution >= 4 is 0 Å². The Morgan fingerprint density at radius 1 is 1.27 bits per heavy atom. The lowest BCUT2D eigenvalue weighted by Crippen LogP contribution is -2.34. The molecule has 0 aromatic carbocycles. The van der Waals surface area contributed by atoms with E-state index >= 15 is 0 Å². The molecule has 0 aromatic heterocycles. The summed E-state index contributed by atoms with van der Waals surface area (Å²) in [7, 11) is 0. The summed E-state index contributed by atoms with van der Waals surface area (Å²) in [5, 5.41) is 9.62. The number of hydrogen-bond donors (Lipinski definition) is 2. The minimum absolute atomic E-state index is 0.320. The summed E-state index contributed by atoms with van der Waals surface area (Å²) in [6.07, 6.45) is 3.95. The van der Waals surface area contributed by atoms with Gasteiger partial charge in [0.15, 0.2) is 0 Å². The molecule has 0 aliphatic rings. The third-order valence-corrected chi connectivity index (χ3v) is 2.51. The highest BCUT2D eigenvalue weighted by Crippen LogP contribution is 2.10. The van der Waals surface area contributed by atoms with E-state index in [2.05, 4.69) is 13.8 Å². The second-order valence-electron chi connectivity index (χ2n) is 4.95. The molecule has 0 amide bonds. The first-order valence-electron chi connectivity index (χ1n) is 5.98. The van der Waals surface area contributed by atoms with Crippen LogP contribution in [-0.2, 0) is 4.74 Å². The van der Waals surface area contributed by atoms with Crippen LogP contribution in [0.5, 0.6) is 0 Å². The maximum atomic E-state index is 9.62. The van der Waals surface area contributed by atoms with Crippen molar-refractivity contribution < 1.29 is 9.84 Å². The molecule has 0 fully saturated rings. The Bertz CT molecular complexity index is 147. The van der Waals surface area contributed by atoms with E-state index in [0.29, 0.717) is 13.0 Å². The molecule has 0 saturated heterocycles. The molecule has 3 nitrogen and oxygen atoms in total. The van der Waals surface area contributed by atoms with Crippen molar-refractivity contribution in [3.63, 3.8) is 0 Å². The number of hydrogen-bond acceptors (Lipinski definition) is 3. The Morgan fingerprint density at radius 3 is 2.40 bits per heavy atom. The van der Waals surface area contributed by atoms with Gasteiger partial charge in [-0.1, -0.05) is 13.8 Å². The van der Waals surface area contributed by atoms with Gasteiger partial charge in [0.25, 0.3) is 0 Å². The first kappa shape index (κ1) is 14.9. The maximum absolute atomic E-state index is 9.62. The smallest absolute Gasteiger partial charge is 0.0742 e. The number of aliphatic hydroxyl groups is 1. The van der Waals surface area contributed by atoms with Crippen LogP contribution in [0.4, 0.5) is 0 Å². The average Bonchev–Trinajstić information content (AvgIpc) is 2.16. The Kier molecular flexibility index (Phi) is 8.02. The molecule has 0 heterocycles. The zero-order valence-corrected chi connectivity index (χ0v) is 10.5. The van der Waals surface area contributed by atoms with Crippen molar-refractivity contribution in [1.29, 1.82) is 0 Å². The van der Waals surface area contributed by atoms with Gasteiger partial charge in [0.05, 0.1) is 5.60 Å². The van der Waals surface area contributed by atoms with E-state index in [1.165, 1.54) is 6.42 Å². The van der Waals surface area contributed by atoms with Crippen LogP contribution < -0.4 is 5.73 Å². The zero-order chi connectivity index (χ0) is 11.7. The molecule has 1 atom stereocenters. The molecule has 92 valence electrons. The number of ether oxygens (including phenoxy) is 1. The van der Waals surface area contributed by atoms with Gasteiger partial charge >= 0.3 is 0 Å². The largest absolute Gasteiger partial charge is 0.389 e. The first-order valence-corrected chi connectivity index (χ1v) is 5.98. The molecule has 0 rings (SSSR count). The van der Waals surface area contributed by atoms with Crippen LogP contribution in [0.1, 0.15) is 46.5 Å². The average molecular weight is 217 g/mol. The molecular formula is C12H27NO2. The highest BCUT2D eigenvalue weighted by Gasteiger charge is 2.16. The zero-order valence-electron chi connectivity index (χ0n) is 10.5. The third-order valence-electron chi connectivity index (χ3n) is 2.51. The molecule has 3 heteroatoms. The van der Waals surface area contributed by atoms with Crippen LogP contribution >= 0.6 is 0 Å². The second kappa shape index (κ2) is 8.08. The van der Waals surface area contributed by atoms with Crippen molar-refractivity contribution in [3.05, 3.63) is 0 Å². The van der Waals surface area contributed by atoms with Gasteiger partial charge in [0.1, 0.15) is 0 Å². The van der Waals surface area contributed by atoms with Crippen LogP contribution in [0.2, 0.25) is 0 Å². The van der Waals surface area contributed by atoms with Gasteiger partial charge in [-0.05, 0) is 38.5 Å². The van der Waals surface area contributed by atoms with Crippen molar-refractivity contribution in [2.24, 2.45) is 11.7 Å². The van der Waals surface area contributed by atoms with Crippen LogP contribution in [0.3, 0.4) is 0 Å². The van der Waals surface area contributed by atoms with Gasteiger partial charge < -0.3 is 15.6 Å². The van der Waals surface area contributed by atoms with Crippen molar-refractivity contribution in [3.8, 4) is 0 Å². The van der Waals surface area contributed by atoms with Crippen molar-refractivity contribution in [1.82, 2.24) is 0 Å². The summed E-state index contributed by atoms with van der Waals surface area (Å²) >= 11 is 0. The molecule has 0 aliphatic heterocycles. The van der Waals surface area contributed by atoms with Crippen molar-refractivity contribution in [2.75, 3.05) is 19.8 Å². The number of nitrogens with two attached hydrogens (primary N) is 1. The minimum Gasteiger partial charge on any atom is -0.389 e. The predicted octanol–water partition coefficient (Wildman–Crippen LogP) is 1.93. The summed E-state index contributed by atoms with van der Waals surface area (Å²) in [6, 6.07) is 0. The molecule has 0 aliphatic carbocycles. The van der Waals surface area contributed by atoms with Crippen LogP contribution in [0.15, 0.2) is 0 Å². The van der Waals surface area contributed by atoms with E-state index in [9.17, 15) is 5.11 Å². The summed E-state index contributed by atoms with van der Waals surface area (Å²) in [4.78, 5) is 0. The Morgan fingerprint density at radius 2 is 1.87 bits per heavy atom. The van der Waals surface area contributed by atoms with Gasteiger partial charge in [0, 0.05) is 19.8 Å². The predicted molar refractivity (Wildman–Crippen MR) is 63.8 cm³/mol. The molecule has 0 bridgehead atoms. The van der Waals surface area contributed by atoms with Gasteiger partial charge in [-0.3, -0.25) is 0 Å². The quantitative estimate of drug-likeness (QED) is 0.580. The third kappa shape index (κ3) is 10.2. The van der Waals surface area contributed by atoms with Crippen molar-refractivity contribution in [2.45, 2.75) is 52.1 Å². The van der Waals surface area contributed by atoms with Gasteiger partial charge in [-0.25, -0.2) is 0 Å². The molecule has 0 radical (unpaired) electrons. The lowest BCUT2D eigenvalue weighted by atomic mass is 10.0. The molecule has 1 unspecified atom stereocenters. The summed E-state index contributed by atoms with van der Waals surface area (Å²) in [5.74, 6) is 0.756. The Balaban J connectivity index is 3.18. The fraction of sp³-hybridized carbons (Fsp3) is 1.00. The van der Waals surface area contributed by atoms with Crippen LogP contribution in [-0.4, -0.2) is 30.5 Å². The van der Waals surface area contributed by atoms with E-state index < -0.39 is 5.60 Å². The highest BCUT2D eigenvalue weighted by atomic mass is 16.5. The monoisotopic (exact) mass is 217 g/mol. The van der Waals surface area contributed by atoms with Gasteiger partial charge in [-0.2, -0.15) is 0 Å². The SMILES string of the molecule is CC(C)CCCOCCCC(C)(O)CN. The van der Waals surface area contributed by atoms with E-state index in [1.807, 2.05) is 0 Å². The van der Waals surface area contributed by atoms with E-state index in [4.69, 9.17) is 10.5 Å². The fourth-order valence-electron chi connectivity index (χ4n) is 1.35. The van der Waals surface area contributed by atoms with Crippen LogP contribution in [0, 0.1) is 5.92 Å². The van der Waals surface area contributed by atoms with Gasteiger partial charge in [0.2, 0.25) is 0 Å². The summed E-state index contributed by atoms with van der Waals surface area (Å²) < 4.78 is 5.47. The summed E-state index contributed by atoms with van der Waals surface area (Å²) in [6.45, 7) is 8.10. The molecule has 3 N–H and O–H groups in total. The second-order valence-corrected chi connectivity index (χ2v) is 4.95. The molecule has 0 spiro atoms. The summed E-state index contributed by atoms with van der Waals surface area (Å²) in [5.41, 5.74) is 4.69.